The largest absolute Gasteiger partial charge is 0.493 e. The number of carbonyl (C=O) groups excluding carboxylic acids is 3. The summed E-state index contributed by atoms with van der Waals surface area (Å²) in [7, 11) is 1.55. The maximum absolute atomic E-state index is 12.2. The average molecular weight is 379 g/mol. The minimum absolute atomic E-state index is 0.0877. The first-order valence-electron chi connectivity index (χ1n) is 8.52. The summed E-state index contributed by atoms with van der Waals surface area (Å²) in [4.78, 5) is 38.0. The van der Waals surface area contributed by atoms with Crippen LogP contribution in [-0.4, -0.2) is 66.9 Å². The summed E-state index contributed by atoms with van der Waals surface area (Å²) in [5.41, 5.74) is 0. The summed E-state index contributed by atoms with van der Waals surface area (Å²) >= 11 is 1.42. The molecule has 26 heavy (non-hydrogen) atoms. The molecular weight excluding hydrogens is 354 g/mol. The topological polar surface area (TPSA) is 87.7 Å². The second-order valence-corrected chi connectivity index (χ2v) is 6.89. The number of rotatable bonds is 8. The van der Waals surface area contributed by atoms with Gasteiger partial charge in [0.2, 0.25) is 17.7 Å². The number of likely N-dealkylation sites (N-methyl/N-ethyl adjacent to an activating group) is 1. The Morgan fingerprint density at radius 2 is 2.00 bits per heavy atom. The van der Waals surface area contributed by atoms with Gasteiger partial charge in [0.15, 0.2) is 0 Å². The fourth-order valence-corrected chi connectivity index (χ4v) is 3.33. The number of hydrogen-bond acceptors (Lipinski definition) is 5. The highest BCUT2D eigenvalue weighted by molar-refractivity contribution is 7.99. The van der Waals surface area contributed by atoms with Crippen LogP contribution in [0.5, 0.6) is 5.75 Å². The molecule has 0 radical (unpaired) electrons. The highest BCUT2D eigenvalue weighted by Gasteiger charge is 2.39. The van der Waals surface area contributed by atoms with Crippen LogP contribution in [0.3, 0.4) is 0 Å². The molecule has 1 heterocycles. The molecule has 0 spiro atoms. The number of benzene rings is 1. The van der Waals surface area contributed by atoms with Crippen LogP contribution >= 0.6 is 11.8 Å². The smallest absolute Gasteiger partial charge is 0.242 e. The van der Waals surface area contributed by atoms with E-state index in [1.54, 1.807) is 11.9 Å². The van der Waals surface area contributed by atoms with Gasteiger partial charge in [0.25, 0.3) is 0 Å². The van der Waals surface area contributed by atoms with Crippen LogP contribution in [0.1, 0.15) is 12.8 Å². The molecule has 3 amide bonds. The van der Waals surface area contributed by atoms with Crippen LogP contribution < -0.4 is 15.4 Å². The molecule has 142 valence electrons. The quantitative estimate of drug-likeness (QED) is 0.693. The van der Waals surface area contributed by atoms with Crippen molar-refractivity contribution in [3.05, 3.63) is 30.3 Å². The molecule has 0 saturated carbocycles. The Morgan fingerprint density at radius 1 is 1.27 bits per heavy atom. The van der Waals surface area contributed by atoms with Crippen molar-refractivity contribution in [1.29, 1.82) is 0 Å². The predicted octanol–water partition coefficient (Wildman–Crippen LogP) is 0.650. The number of likely N-dealkylation sites (tertiary alicyclic amines) is 1. The molecule has 2 atom stereocenters. The van der Waals surface area contributed by atoms with E-state index in [0.29, 0.717) is 18.7 Å². The molecule has 0 aromatic heterocycles. The minimum atomic E-state index is -0.537. The van der Waals surface area contributed by atoms with E-state index in [9.17, 15) is 14.4 Å². The molecule has 0 bridgehead atoms. The predicted molar refractivity (Wildman–Crippen MR) is 101 cm³/mol. The number of nitrogens with zero attached hydrogens (tertiary/aromatic N) is 1. The number of para-hydroxylation sites is 1. The van der Waals surface area contributed by atoms with Crippen LogP contribution in [0.25, 0.3) is 0 Å². The Bertz CT molecular complexity index is 626. The highest BCUT2D eigenvalue weighted by Crippen LogP contribution is 2.19. The molecule has 1 aliphatic rings. The monoisotopic (exact) mass is 379 g/mol. The molecule has 8 heteroatoms. The standard InChI is InChI=1S/C18H25N3O4S/c1-19-18(24)15-10-13(11-21(15)17(23)12-26-2)20-16(22)8-9-25-14-6-4-3-5-7-14/h3-7,13,15H,8-12H2,1-2H3,(H,19,24)(H,20,22)/t13-,15+/m1/s1. The molecule has 0 unspecified atom stereocenters. The van der Waals surface area contributed by atoms with Crippen molar-refractivity contribution in [2.24, 2.45) is 0 Å². The van der Waals surface area contributed by atoms with E-state index in [-0.39, 0.29) is 36.8 Å². The normalized spacial score (nSPS) is 19.1. The van der Waals surface area contributed by atoms with Crippen LogP contribution in [0.4, 0.5) is 0 Å². The first-order chi connectivity index (χ1) is 12.5. The lowest BCUT2D eigenvalue weighted by Gasteiger charge is -2.22. The van der Waals surface area contributed by atoms with Crippen molar-refractivity contribution >= 4 is 29.5 Å². The first-order valence-corrected chi connectivity index (χ1v) is 9.91. The van der Waals surface area contributed by atoms with Crippen LogP contribution in [0, 0.1) is 0 Å². The van der Waals surface area contributed by atoms with Crippen molar-refractivity contribution in [2.75, 3.05) is 32.2 Å². The zero-order chi connectivity index (χ0) is 18.9. The number of carbonyl (C=O) groups is 3. The molecule has 1 aliphatic heterocycles. The third-order valence-corrected chi connectivity index (χ3v) is 4.68. The van der Waals surface area contributed by atoms with Gasteiger partial charge in [-0.1, -0.05) is 18.2 Å². The third kappa shape index (κ3) is 5.66. The van der Waals surface area contributed by atoms with Gasteiger partial charge in [0.05, 0.1) is 18.8 Å². The Balaban J connectivity index is 1.83. The molecule has 1 fully saturated rings. The Hall–Kier alpha value is -2.22. The van der Waals surface area contributed by atoms with Crippen molar-refractivity contribution in [1.82, 2.24) is 15.5 Å². The molecule has 7 nitrogen and oxygen atoms in total. The van der Waals surface area contributed by atoms with Gasteiger partial charge in [-0.05, 0) is 24.8 Å². The summed E-state index contributed by atoms with van der Waals surface area (Å²) in [6.45, 7) is 0.624. The van der Waals surface area contributed by atoms with Gasteiger partial charge in [0.1, 0.15) is 11.8 Å². The van der Waals surface area contributed by atoms with Crippen molar-refractivity contribution in [2.45, 2.75) is 24.9 Å². The number of amides is 3. The van der Waals surface area contributed by atoms with E-state index in [4.69, 9.17) is 4.74 Å². The molecule has 0 aliphatic carbocycles. The average Bonchev–Trinajstić information content (AvgIpc) is 3.06. The number of hydrogen-bond donors (Lipinski definition) is 2. The Labute approximate surface area is 157 Å². The molecule has 2 N–H and O–H groups in total. The van der Waals surface area contributed by atoms with Gasteiger partial charge in [-0.15, -0.1) is 0 Å². The lowest BCUT2D eigenvalue weighted by atomic mass is 10.1. The Morgan fingerprint density at radius 3 is 2.65 bits per heavy atom. The van der Waals surface area contributed by atoms with E-state index >= 15 is 0 Å². The third-order valence-electron chi connectivity index (χ3n) is 4.14. The summed E-state index contributed by atoms with van der Waals surface area (Å²) in [6.07, 6.45) is 2.48. The second kappa shape index (κ2) is 10.1. The zero-order valence-corrected chi connectivity index (χ0v) is 15.9. The first kappa shape index (κ1) is 20.1. The number of nitrogens with one attached hydrogen (secondary N) is 2. The van der Waals surface area contributed by atoms with E-state index in [2.05, 4.69) is 10.6 Å². The fourth-order valence-electron chi connectivity index (χ4n) is 2.92. The van der Waals surface area contributed by atoms with Gasteiger partial charge < -0.3 is 20.3 Å². The van der Waals surface area contributed by atoms with Gasteiger partial charge in [-0.3, -0.25) is 14.4 Å². The Kier molecular flexibility index (Phi) is 7.77. The number of ether oxygens (including phenoxy) is 1. The second-order valence-electron chi connectivity index (χ2n) is 6.02. The maximum Gasteiger partial charge on any atom is 0.242 e. The highest BCUT2D eigenvalue weighted by atomic mass is 32.2. The van der Waals surface area contributed by atoms with E-state index in [0.717, 1.165) is 5.75 Å². The van der Waals surface area contributed by atoms with E-state index in [1.807, 2.05) is 36.6 Å². The molecule has 1 aromatic rings. The van der Waals surface area contributed by atoms with Gasteiger partial charge >= 0.3 is 0 Å². The summed E-state index contributed by atoms with van der Waals surface area (Å²) in [5.74, 6) is 0.591. The fraction of sp³-hybridized carbons (Fsp3) is 0.500. The molecule has 1 aromatic carbocycles. The van der Waals surface area contributed by atoms with Gasteiger partial charge in [0, 0.05) is 19.6 Å². The van der Waals surface area contributed by atoms with Crippen LogP contribution in [0.2, 0.25) is 0 Å². The van der Waals surface area contributed by atoms with E-state index < -0.39 is 6.04 Å². The summed E-state index contributed by atoms with van der Waals surface area (Å²) in [6, 6.07) is 8.53. The van der Waals surface area contributed by atoms with Crippen molar-refractivity contribution < 1.29 is 19.1 Å². The SMILES string of the molecule is CNC(=O)[C@@H]1C[C@@H](NC(=O)CCOc2ccccc2)CN1C(=O)CSC. The van der Waals surface area contributed by atoms with Gasteiger partial charge in [-0.2, -0.15) is 11.8 Å². The summed E-state index contributed by atoms with van der Waals surface area (Å²) in [5, 5.41) is 5.49. The molecular formula is C18H25N3O4S. The molecule has 2 rings (SSSR count). The van der Waals surface area contributed by atoms with Crippen molar-refractivity contribution in [3.63, 3.8) is 0 Å². The number of thioether (sulfide) groups is 1. The van der Waals surface area contributed by atoms with Gasteiger partial charge in [-0.25, -0.2) is 0 Å². The lowest BCUT2D eigenvalue weighted by Crippen LogP contribution is -2.45. The zero-order valence-electron chi connectivity index (χ0n) is 15.1. The van der Waals surface area contributed by atoms with Crippen molar-refractivity contribution in [3.8, 4) is 5.75 Å². The molecule has 1 saturated heterocycles. The minimum Gasteiger partial charge on any atom is -0.493 e. The maximum atomic E-state index is 12.2. The van der Waals surface area contributed by atoms with E-state index in [1.165, 1.54) is 11.8 Å². The van der Waals surface area contributed by atoms with Crippen LogP contribution in [0.15, 0.2) is 30.3 Å². The lowest BCUT2D eigenvalue weighted by molar-refractivity contribution is -0.136. The summed E-state index contributed by atoms with van der Waals surface area (Å²) < 4.78 is 5.52. The van der Waals surface area contributed by atoms with Crippen LogP contribution in [-0.2, 0) is 14.4 Å².